The van der Waals surface area contributed by atoms with Crippen molar-refractivity contribution in [2.24, 2.45) is 0 Å². The molecule has 0 unspecified atom stereocenters. The molecule has 5 nitrogen and oxygen atoms in total. The Bertz CT molecular complexity index is 457. The van der Waals surface area contributed by atoms with Gasteiger partial charge in [0.2, 0.25) is 0 Å². The molecule has 0 aromatic heterocycles. The van der Waals surface area contributed by atoms with E-state index in [1.807, 2.05) is 0 Å². The molecular formula is C11H11BO5. The van der Waals surface area contributed by atoms with E-state index in [0.29, 0.717) is 30.8 Å². The minimum Gasteiger partial charge on any atom is -0.454 e. The first kappa shape index (κ1) is 10.8. The summed E-state index contributed by atoms with van der Waals surface area (Å²) in [5.74, 6) is -0.389. The average Bonchev–Trinajstić information content (AvgIpc) is 2.65. The van der Waals surface area contributed by atoms with E-state index in [9.17, 15) is 9.82 Å². The van der Waals surface area contributed by atoms with Gasteiger partial charge in [-0.05, 0) is 23.2 Å². The molecule has 0 aliphatic carbocycles. The van der Waals surface area contributed by atoms with Gasteiger partial charge in [-0.2, -0.15) is 0 Å². The highest BCUT2D eigenvalue weighted by atomic mass is 16.6. The van der Waals surface area contributed by atoms with Gasteiger partial charge >= 0.3 is 13.1 Å². The zero-order valence-corrected chi connectivity index (χ0v) is 9.09. The van der Waals surface area contributed by atoms with Crippen molar-refractivity contribution in [3.8, 4) is 0 Å². The predicted octanol–water partition coefficient (Wildman–Crippen LogP) is -0.540. The Morgan fingerprint density at radius 3 is 3.00 bits per heavy atom. The van der Waals surface area contributed by atoms with Crippen molar-refractivity contribution in [1.82, 2.24) is 0 Å². The summed E-state index contributed by atoms with van der Waals surface area (Å²) in [6.07, 6.45) is -0.142. The Balaban J connectivity index is 1.78. The van der Waals surface area contributed by atoms with Gasteiger partial charge in [0.15, 0.2) is 0 Å². The molecule has 0 amide bonds. The van der Waals surface area contributed by atoms with Crippen LogP contribution in [-0.4, -0.2) is 37.4 Å². The van der Waals surface area contributed by atoms with E-state index >= 15 is 0 Å². The van der Waals surface area contributed by atoms with Gasteiger partial charge in [-0.15, -0.1) is 0 Å². The number of carbonyl (C=O) groups is 1. The molecule has 17 heavy (non-hydrogen) atoms. The van der Waals surface area contributed by atoms with Gasteiger partial charge < -0.3 is 19.2 Å². The fourth-order valence-corrected chi connectivity index (χ4v) is 1.84. The minimum atomic E-state index is -0.940. The van der Waals surface area contributed by atoms with Crippen molar-refractivity contribution >= 4 is 18.6 Å². The normalized spacial score (nSPS) is 18.8. The van der Waals surface area contributed by atoms with Crippen molar-refractivity contribution in [3.63, 3.8) is 0 Å². The van der Waals surface area contributed by atoms with Crippen molar-refractivity contribution in [2.45, 2.75) is 12.7 Å². The molecule has 2 aliphatic heterocycles. The monoisotopic (exact) mass is 234 g/mol. The first-order chi connectivity index (χ1) is 8.24. The fourth-order valence-electron chi connectivity index (χ4n) is 1.84. The highest BCUT2D eigenvalue weighted by molar-refractivity contribution is 6.61. The molecule has 6 heteroatoms. The van der Waals surface area contributed by atoms with Gasteiger partial charge in [0.25, 0.3) is 0 Å². The van der Waals surface area contributed by atoms with Gasteiger partial charge in [-0.3, -0.25) is 0 Å². The maximum Gasteiger partial charge on any atom is 0.491 e. The molecule has 1 fully saturated rings. The number of hydrogen-bond donors (Lipinski definition) is 1. The van der Waals surface area contributed by atoms with Gasteiger partial charge in [0.1, 0.15) is 6.10 Å². The molecule has 1 N–H and O–H groups in total. The zero-order valence-electron chi connectivity index (χ0n) is 9.09. The molecule has 0 atom stereocenters. The summed E-state index contributed by atoms with van der Waals surface area (Å²) >= 11 is 0. The third kappa shape index (κ3) is 1.95. The standard InChI is InChI=1S/C11H11BO5/c13-11(17-9-5-15-6-9)7-1-2-8-4-16-12(14)10(8)3-7/h1-3,9,14H,4-6H2. The molecule has 88 valence electrons. The molecule has 3 rings (SSSR count). The highest BCUT2D eigenvalue weighted by Gasteiger charge is 2.29. The van der Waals surface area contributed by atoms with Crippen LogP contribution in [0.2, 0.25) is 0 Å². The van der Waals surface area contributed by atoms with E-state index in [1.165, 1.54) is 0 Å². The molecule has 1 saturated heterocycles. The first-order valence-corrected chi connectivity index (χ1v) is 5.45. The Morgan fingerprint density at radius 1 is 1.47 bits per heavy atom. The second-order valence-electron chi connectivity index (χ2n) is 4.14. The van der Waals surface area contributed by atoms with Crippen molar-refractivity contribution in [1.29, 1.82) is 0 Å². The lowest BCUT2D eigenvalue weighted by atomic mass is 9.79. The van der Waals surface area contributed by atoms with Crippen molar-refractivity contribution < 1.29 is 23.9 Å². The molecule has 1 aromatic rings. The smallest absolute Gasteiger partial charge is 0.454 e. The van der Waals surface area contributed by atoms with Crippen LogP contribution in [0.4, 0.5) is 0 Å². The van der Waals surface area contributed by atoms with Gasteiger partial charge in [-0.25, -0.2) is 4.79 Å². The summed E-state index contributed by atoms with van der Waals surface area (Å²) in [6.45, 7) is 1.30. The fraction of sp³-hybridized carbons (Fsp3) is 0.364. The molecule has 2 heterocycles. The first-order valence-electron chi connectivity index (χ1n) is 5.45. The van der Waals surface area contributed by atoms with Crippen LogP contribution in [0.1, 0.15) is 15.9 Å². The number of benzene rings is 1. The summed E-state index contributed by atoms with van der Waals surface area (Å²) in [5, 5.41) is 9.53. The number of hydrogen-bond acceptors (Lipinski definition) is 5. The van der Waals surface area contributed by atoms with E-state index in [1.54, 1.807) is 18.2 Å². The van der Waals surface area contributed by atoms with Crippen LogP contribution in [0.25, 0.3) is 0 Å². The van der Waals surface area contributed by atoms with Crippen molar-refractivity contribution in [3.05, 3.63) is 29.3 Å². The van der Waals surface area contributed by atoms with Crippen LogP contribution < -0.4 is 5.46 Å². The predicted molar refractivity (Wildman–Crippen MR) is 58.9 cm³/mol. The molecular weight excluding hydrogens is 223 g/mol. The third-order valence-corrected chi connectivity index (χ3v) is 2.93. The van der Waals surface area contributed by atoms with Crippen LogP contribution >= 0.6 is 0 Å². The topological polar surface area (TPSA) is 65.0 Å². The Morgan fingerprint density at radius 2 is 2.29 bits per heavy atom. The second kappa shape index (κ2) is 4.14. The van der Waals surface area contributed by atoms with Gasteiger partial charge in [0, 0.05) is 0 Å². The molecule has 0 radical (unpaired) electrons. The summed E-state index contributed by atoms with van der Waals surface area (Å²) in [4.78, 5) is 11.8. The van der Waals surface area contributed by atoms with E-state index in [2.05, 4.69) is 0 Å². The largest absolute Gasteiger partial charge is 0.491 e. The van der Waals surface area contributed by atoms with E-state index in [4.69, 9.17) is 14.1 Å². The highest BCUT2D eigenvalue weighted by Crippen LogP contribution is 2.14. The summed E-state index contributed by atoms with van der Waals surface area (Å²) in [6, 6.07) is 5.08. The SMILES string of the molecule is O=C(OC1COC1)c1ccc2c(c1)B(O)OC2. The lowest BCUT2D eigenvalue weighted by molar-refractivity contribution is -0.103. The van der Waals surface area contributed by atoms with E-state index in [0.717, 1.165) is 5.56 Å². The molecule has 1 aromatic carbocycles. The van der Waals surface area contributed by atoms with Crippen LogP contribution in [0.3, 0.4) is 0 Å². The van der Waals surface area contributed by atoms with Gasteiger partial charge in [0.05, 0.1) is 25.4 Å². The van der Waals surface area contributed by atoms with Crippen LogP contribution in [0, 0.1) is 0 Å². The Kier molecular flexibility index (Phi) is 2.62. The zero-order chi connectivity index (χ0) is 11.8. The number of rotatable bonds is 2. The van der Waals surface area contributed by atoms with Gasteiger partial charge in [-0.1, -0.05) is 6.07 Å². The molecule has 0 saturated carbocycles. The van der Waals surface area contributed by atoms with Crippen LogP contribution in [0.15, 0.2) is 18.2 Å². The Hall–Kier alpha value is -1.37. The number of esters is 1. The molecule has 0 spiro atoms. The average molecular weight is 234 g/mol. The quantitative estimate of drug-likeness (QED) is 0.549. The maximum absolute atomic E-state index is 11.8. The lowest BCUT2D eigenvalue weighted by Crippen LogP contribution is -2.38. The van der Waals surface area contributed by atoms with E-state index < -0.39 is 7.12 Å². The lowest BCUT2D eigenvalue weighted by Gasteiger charge is -2.25. The number of ether oxygens (including phenoxy) is 2. The summed E-state index contributed by atoms with van der Waals surface area (Å²) < 4.78 is 15.2. The van der Waals surface area contributed by atoms with Crippen LogP contribution in [0.5, 0.6) is 0 Å². The molecule has 0 bridgehead atoms. The summed E-state index contributed by atoms with van der Waals surface area (Å²) in [7, 11) is -0.940. The number of fused-ring (bicyclic) bond motifs is 1. The third-order valence-electron chi connectivity index (χ3n) is 2.93. The van der Waals surface area contributed by atoms with Crippen LogP contribution in [-0.2, 0) is 20.7 Å². The second-order valence-corrected chi connectivity index (χ2v) is 4.14. The minimum absolute atomic E-state index is 0.142. The summed E-state index contributed by atoms with van der Waals surface area (Å²) in [5.41, 5.74) is 1.98. The Labute approximate surface area is 98.4 Å². The number of carbonyl (C=O) groups excluding carboxylic acids is 1. The molecule has 2 aliphatic rings. The maximum atomic E-state index is 11.8. The van der Waals surface area contributed by atoms with Crippen molar-refractivity contribution in [2.75, 3.05) is 13.2 Å². The van der Waals surface area contributed by atoms with E-state index in [-0.39, 0.29) is 12.1 Å².